The van der Waals surface area contributed by atoms with Crippen molar-refractivity contribution in [2.24, 2.45) is 5.92 Å². The van der Waals surface area contributed by atoms with Crippen LogP contribution in [0.5, 0.6) is 0 Å². The van der Waals surface area contributed by atoms with Gasteiger partial charge in [-0.15, -0.1) is 0 Å². The molecule has 0 bridgehead atoms. The monoisotopic (exact) mass is 277 g/mol. The summed E-state index contributed by atoms with van der Waals surface area (Å²) in [7, 11) is 0. The zero-order valence-corrected chi connectivity index (χ0v) is 11.5. The molecule has 0 aromatic carbocycles. The second-order valence-electron chi connectivity index (χ2n) is 5.10. The van der Waals surface area contributed by atoms with Crippen LogP contribution in [-0.2, 0) is 9.53 Å². The molecule has 2 rings (SSSR count). The van der Waals surface area contributed by atoms with Crippen molar-refractivity contribution >= 4 is 11.9 Å². The molecule has 2 atom stereocenters. The Kier molecular flexibility index (Phi) is 5.03. The van der Waals surface area contributed by atoms with Gasteiger partial charge in [0.05, 0.1) is 6.20 Å². The summed E-state index contributed by atoms with van der Waals surface area (Å²) in [6.07, 6.45) is 8.65. The Labute approximate surface area is 118 Å². The lowest BCUT2D eigenvalue weighted by atomic mass is 9.86. The van der Waals surface area contributed by atoms with Gasteiger partial charge in [-0.1, -0.05) is 19.8 Å². The molecule has 1 aliphatic rings. The fourth-order valence-electron chi connectivity index (χ4n) is 2.39. The second kappa shape index (κ2) is 6.98. The summed E-state index contributed by atoms with van der Waals surface area (Å²) in [6.45, 7) is 1.86. The Morgan fingerprint density at radius 2 is 2.15 bits per heavy atom. The van der Waals surface area contributed by atoms with E-state index in [2.05, 4.69) is 22.2 Å². The first-order chi connectivity index (χ1) is 9.66. The van der Waals surface area contributed by atoms with Crippen molar-refractivity contribution in [1.29, 1.82) is 0 Å². The summed E-state index contributed by atoms with van der Waals surface area (Å²) < 4.78 is 4.91. The van der Waals surface area contributed by atoms with E-state index in [-0.39, 0.29) is 24.2 Å². The van der Waals surface area contributed by atoms with Crippen molar-refractivity contribution < 1.29 is 14.3 Å². The fourth-order valence-corrected chi connectivity index (χ4v) is 2.39. The van der Waals surface area contributed by atoms with E-state index in [0.717, 1.165) is 19.3 Å². The molecule has 108 valence electrons. The Morgan fingerprint density at radius 3 is 2.85 bits per heavy atom. The molecular formula is C14H19N3O3. The average Bonchev–Trinajstić information content (AvgIpc) is 2.48. The van der Waals surface area contributed by atoms with E-state index in [0.29, 0.717) is 5.92 Å². The van der Waals surface area contributed by atoms with Crippen LogP contribution in [0.2, 0.25) is 0 Å². The first-order valence-electron chi connectivity index (χ1n) is 6.89. The minimum atomic E-state index is -0.634. The van der Waals surface area contributed by atoms with Crippen molar-refractivity contribution in [2.45, 2.75) is 38.6 Å². The predicted molar refractivity (Wildman–Crippen MR) is 71.9 cm³/mol. The predicted octanol–water partition coefficient (Wildman–Crippen LogP) is 1.33. The van der Waals surface area contributed by atoms with Crippen LogP contribution in [0.15, 0.2) is 18.6 Å². The third kappa shape index (κ3) is 4.01. The van der Waals surface area contributed by atoms with E-state index in [4.69, 9.17) is 4.74 Å². The van der Waals surface area contributed by atoms with Crippen LogP contribution in [0.3, 0.4) is 0 Å². The molecule has 0 spiro atoms. The maximum atomic E-state index is 11.8. The number of hydrogen-bond donors (Lipinski definition) is 1. The van der Waals surface area contributed by atoms with E-state index in [1.165, 1.54) is 25.0 Å². The van der Waals surface area contributed by atoms with E-state index in [1.807, 2.05) is 0 Å². The molecule has 0 unspecified atom stereocenters. The van der Waals surface area contributed by atoms with Crippen LogP contribution in [0.4, 0.5) is 0 Å². The van der Waals surface area contributed by atoms with Crippen molar-refractivity contribution in [3.05, 3.63) is 24.3 Å². The van der Waals surface area contributed by atoms with Crippen molar-refractivity contribution in [2.75, 3.05) is 6.61 Å². The summed E-state index contributed by atoms with van der Waals surface area (Å²) in [5.41, 5.74) is 0.103. The van der Waals surface area contributed by atoms with Gasteiger partial charge in [-0.2, -0.15) is 0 Å². The van der Waals surface area contributed by atoms with Crippen LogP contribution < -0.4 is 5.32 Å². The summed E-state index contributed by atoms with van der Waals surface area (Å²) in [5.74, 6) is -0.422. The van der Waals surface area contributed by atoms with E-state index < -0.39 is 5.97 Å². The highest BCUT2D eigenvalue weighted by Gasteiger charge is 2.23. The number of carbonyl (C=O) groups excluding carboxylic acids is 2. The smallest absolute Gasteiger partial charge is 0.359 e. The van der Waals surface area contributed by atoms with Gasteiger partial charge in [0.1, 0.15) is 0 Å². The Morgan fingerprint density at radius 1 is 1.35 bits per heavy atom. The van der Waals surface area contributed by atoms with Gasteiger partial charge in [-0.25, -0.2) is 9.78 Å². The molecule has 0 saturated heterocycles. The van der Waals surface area contributed by atoms with Gasteiger partial charge in [-0.3, -0.25) is 9.78 Å². The molecule has 1 aromatic rings. The molecule has 1 heterocycles. The Bertz CT molecular complexity index is 464. The maximum Gasteiger partial charge on any atom is 0.359 e. The molecule has 6 nitrogen and oxygen atoms in total. The first kappa shape index (κ1) is 14.4. The number of rotatable bonds is 4. The molecule has 1 amide bonds. The number of amides is 1. The summed E-state index contributed by atoms with van der Waals surface area (Å²) in [4.78, 5) is 31.0. The highest BCUT2D eigenvalue weighted by Crippen LogP contribution is 2.23. The van der Waals surface area contributed by atoms with Gasteiger partial charge >= 0.3 is 5.97 Å². The maximum absolute atomic E-state index is 11.8. The first-order valence-corrected chi connectivity index (χ1v) is 6.89. The zero-order valence-electron chi connectivity index (χ0n) is 11.5. The highest BCUT2D eigenvalue weighted by atomic mass is 16.5. The fraction of sp³-hybridized carbons (Fsp3) is 0.571. The molecule has 1 N–H and O–H groups in total. The van der Waals surface area contributed by atoms with Gasteiger partial charge in [0.15, 0.2) is 12.3 Å². The topological polar surface area (TPSA) is 81.2 Å². The lowest BCUT2D eigenvalue weighted by molar-refractivity contribution is -0.125. The quantitative estimate of drug-likeness (QED) is 0.840. The molecule has 20 heavy (non-hydrogen) atoms. The summed E-state index contributed by atoms with van der Waals surface area (Å²) >= 11 is 0. The number of nitrogens with one attached hydrogen (secondary N) is 1. The number of aromatic nitrogens is 2. The number of hydrogen-bond acceptors (Lipinski definition) is 5. The van der Waals surface area contributed by atoms with Gasteiger partial charge < -0.3 is 10.1 Å². The number of ether oxygens (including phenoxy) is 1. The molecule has 1 aliphatic carbocycles. The van der Waals surface area contributed by atoms with Gasteiger partial charge in [0.2, 0.25) is 0 Å². The molecule has 1 fully saturated rings. The lowest BCUT2D eigenvalue weighted by Gasteiger charge is -2.29. The van der Waals surface area contributed by atoms with Gasteiger partial charge in [0, 0.05) is 18.4 Å². The van der Waals surface area contributed by atoms with Crippen molar-refractivity contribution in [3.8, 4) is 0 Å². The van der Waals surface area contributed by atoms with Gasteiger partial charge in [0.25, 0.3) is 5.91 Å². The standard InChI is InChI=1S/C14H19N3O3/c1-10-4-2-3-5-11(10)17-13(18)9-20-14(19)12-8-15-6-7-16-12/h6-8,10-11H,2-5,9H2,1H3,(H,17,18)/t10-,11-/m0/s1. The van der Waals surface area contributed by atoms with Crippen LogP contribution in [0, 0.1) is 5.92 Å². The lowest BCUT2D eigenvalue weighted by Crippen LogP contribution is -2.42. The molecule has 1 aromatic heterocycles. The van der Waals surface area contributed by atoms with Crippen LogP contribution in [0.25, 0.3) is 0 Å². The van der Waals surface area contributed by atoms with E-state index in [1.54, 1.807) is 0 Å². The number of nitrogens with zero attached hydrogens (tertiary/aromatic N) is 2. The molecule has 1 saturated carbocycles. The third-order valence-electron chi connectivity index (χ3n) is 3.56. The van der Waals surface area contributed by atoms with Gasteiger partial charge in [-0.05, 0) is 18.8 Å². The average molecular weight is 277 g/mol. The molecular weight excluding hydrogens is 258 g/mol. The second-order valence-corrected chi connectivity index (χ2v) is 5.10. The highest BCUT2D eigenvalue weighted by molar-refractivity contribution is 5.89. The summed E-state index contributed by atoms with van der Waals surface area (Å²) in [5, 5.41) is 2.92. The largest absolute Gasteiger partial charge is 0.451 e. The Balaban J connectivity index is 1.76. The van der Waals surface area contributed by atoms with Crippen LogP contribution >= 0.6 is 0 Å². The zero-order chi connectivity index (χ0) is 14.4. The SMILES string of the molecule is C[C@H]1CCCC[C@@H]1NC(=O)COC(=O)c1cnccn1. The third-order valence-corrected chi connectivity index (χ3v) is 3.56. The van der Waals surface area contributed by atoms with Crippen molar-refractivity contribution in [3.63, 3.8) is 0 Å². The van der Waals surface area contributed by atoms with Crippen LogP contribution in [0.1, 0.15) is 43.1 Å². The number of carbonyl (C=O) groups is 2. The minimum Gasteiger partial charge on any atom is -0.451 e. The molecule has 0 radical (unpaired) electrons. The normalized spacial score (nSPS) is 22.1. The van der Waals surface area contributed by atoms with E-state index >= 15 is 0 Å². The van der Waals surface area contributed by atoms with E-state index in [9.17, 15) is 9.59 Å². The minimum absolute atomic E-state index is 0.103. The molecule has 0 aliphatic heterocycles. The van der Waals surface area contributed by atoms with Crippen molar-refractivity contribution in [1.82, 2.24) is 15.3 Å². The summed E-state index contributed by atoms with van der Waals surface area (Å²) in [6, 6.07) is 0.187. The van der Waals surface area contributed by atoms with Crippen LogP contribution in [-0.4, -0.2) is 34.5 Å². The number of esters is 1. The molecule has 6 heteroatoms. The Hall–Kier alpha value is -1.98.